The van der Waals surface area contributed by atoms with Gasteiger partial charge in [-0.15, -0.1) is 0 Å². The Morgan fingerprint density at radius 3 is 1.77 bits per heavy atom. The Balaban J connectivity index is 2.64. The number of aliphatic hydroxyl groups excluding tert-OH is 8. The van der Waals surface area contributed by atoms with Crippen molar-refractivity contribution in [3.63, 3.8) is 0 Å². The van der Waals surface area contributed by atoms with E-state index in [1.54, 1.807) is 36.5 Å². The van der Waals surface area contributed by atoms with Crippen LogP contribution in [0, 0.1) is 0 Å². The van der Waals surface area contributed by atoms with Crippen LogP contribution in [0.1, 0.15) is 123 Å². The van der Waals surface area contributed by atoms with E-state index in [4.69, 9.17) is 18.5 Å². The van der Waals surface area contributed by atoms with E-state index in [2.05, 4.69) is 43.4 Å². The topological polar surface area (TPSA) is 270 Å². The number of allylic oxidation sites excluding steroid dienone is 13. The smallest absolute Gasteiger partial charge is 0.462 e. The highest BCUT2D eigenvalue weighted by Crippen LogP contribution is 2.47. The second kappa shape index (κ2) is 37.6. The minimum atomic E-state index is -5.23. The van der Waals surface area contributed by atoms with Crippen LogP contribution in [0.25, 0.3) is 0 Å². The second-order valence-electron chi connectivity index (χ2n) is 16.1. The highest BCUT2D eigenvalue weighted by atomic mass is 31.2. The van der Waals surface area contributed by atoms with Gasteiger partial charge in [-0.2, -0.15) is 0 Å². The Morgan fingerprint density at radius 1 is 0.606 bits per heavy atom. The predicted octanol–water partition coefficient (Wildman–Crippen LogP) is 5.97. The van der Waals surface area contributed by atoms with Crippen LogP contribution in [0.15, 0.2) is 97.2 Å². The van der Waals surface area contributed by atoms with Crippen molar-refractivity contribution in [1.82, 2.24) is 0 Å². The Labute approximate surface area is 391 Å². The lowest BCUT2D eigenvalue weighted by Gasteiger charge is -2.41. The third kappa shape index (κ3) is 29.4. The van der Waals surface area contributed by atoms with Crippen LogP contribution in [-0.2, 0) is 32.7 Å². The molecule has 11 atom stereocenters. The molecule has 0 saturated heterocycles. The van der Waals surface area contributed by atoms with Crippen molar-refractivity contribution in [2.24, 2.45) is 0 Å². The van der Waals surface area contributed by atoms with Gasteiger partial charge in [0.15, 0.2) is 6.10 Å². The standard InChI is InChI=1S/C49H79O16P/c1-3-5-7-8-9-10-11-12-13-14-15-16-17-18-19-24-28-34-42(53)62-36-39(37-63-66(60,61)65-49-47(58)45(56)44(55)46(57)48(49)59)64-43(54)35-29-33-41(52)40(51)32-27-23-21-20-22-26-31-38(50)30-25-6-4-2/h6,9-10,12-13,15-16,20-23,25-27,31-32,38-41,44-52,55-59H,3-5,7-8,11,14,17-19,24,28-30,33-37H2,1-2H3,(H,60,61)/b10-9-,13-12-,16-15-,22-20+,23-21-,25-6-,31-26+,32-27-/t38-,39+,40+,41+,44?,45-,46+,47+,48+,49?/m0/s1. The minimum Gasteiger partial charge on any atom is -0.462 e. The summed E-state index contributed by atoms with van der Waals surface area (Å²) in [5, 5.41) is 80.7. The number of hydrogen-bond acceptors (Lipinski definition) is 15. The minimum absolute atomic E-state index is 0.00986. The maximum absolute atomic E-state index is 12.8. The van der Waals surface area contributed by atoms with Crippen molar-refractivity contribution in [3.05, 3.63) is 97.2 Å². The van der Waals surface area contributed by atoms with E-state index in [0.29, 0.717) is 12.8 Å². The van der Waals surface area contributed by atoms with Crippen molar-refractivity contribution in [3.8, 4) is 0 Å². The molecule has 0 amide bonds. The quantitative estimate of drug-likeness (QED) is 0.0115. The first-order valence-corrected chi connectivity index (χ1v) is 24.9. The molecule has 0 aromatic heterocycles. The zero-order valence-corrected chi connectivity index (χ0v) is 39.7. The van der Waals surface area contributed by atoms with Gasteiger partial charge in [0.1, 0.15) is 43.2 Å². The summed E-state index contributed by atoms with van der Waals surface area (Å²) >= 11 is 0. The molecule has 1 fully saturated rings. The zero-order valence-electron chi connectivity index (χ0n) is 38.8. The van der Waals surface area contributed by atoms with Gasteiger partial charge in [-0.05, 0) is 70.6 Å². The summed E-state index contributed by atoms with van der Waals surface area (Å²) in [7, 11) is -5.23. The number of ether oxygens (including phenoxy) is 2. The highest BCUT2D eigenvalue weighted by Gasteiger charge is 2.51. The number of aliphatic hydroxyl groups is 8. The molecule has 1 saturated carbocycles. The molecule has 66 heavy (non-hydrogen) atoms. The predicted molar refractivity (Wildman–Crippen MR) is 253 cm³/mol. The van der Waals surface area contributed by atoms with Gasteiger partial charge in [0.25, 0.3) is 0 Å². The first kappa shape index (κ1) is 60.7. The van der Waals surface area contributed by atoms with Gasteiger partial charge >= 0.3 is 19.8 Å². The molecule has 0 aromatic carbocycles. The molecule has 0 radical (unpaired) electrons. The van der Waals surface area contributed by atoms with E-state index < -0.39 is 94.0 Å². The van der Waals surface area contributed by atoms with Crippen LogP contribution < -0.4 is 0 Å². The van der Waals surface area contributed by atoms with Gasteiger partial charge in [0.2, 0.25) is 0 Å². The summed E-state index contributed by atoms with van der Waals surface area (Å²) in [6.07, 6.45) is 25.1. The zero-order chi connectivity index (χ0) is 49.0. The first-order chi connectivity index (χ1) is 31.6. The van der Waals surface area contributed by atoms with E-state index in [9.17, 15) is 59.9 Å². The Kier molecular flexibility index (Phi) is 34.6. The van der Waals surface area contributed by atoms with E-state index >= 15 is 0 Å². The average molecular weight is 955 g/mol. The summed E-state index contributed by atoms with van der Waals surface area (Å²) < 4.78 is 33.3. The molecule has 0 spiro atoms. The van der Waals surface area contributed by atoms with Gasteiger partial charge in [0.05, 0.1) is 24.9 Å². The van der Waals surface area contributed by atoms with Crippen molar-refractivity contribution in [2.75, 3.05) is 13.2 Å². The molecule has 16 nitrogen and oxygen atoms in total. The molecule has 3 unspecified atom stereocenters. The molecule has 9 N–H and O–H groups in total. The summed E-state index contributed by atoms with van der Waals surface area (Å²) in [6, 6.07) is 0. The van der Waals surface area contributed by atoms with Crippen LogP contribution in [-0.4, -0.2) is 132 Å². The number of rotatable bonds is 36. The van der Waals surface area contributed by atoms with Crippen molar-refractivity contribution in [1.29, 1.82) is 0 Å². The highest BCUT2D eigenvalue weighted by molar-refractivity contribution is 7.47. The lowest BCUT2D eigenvalue weighted by atomic mass is 9.85. The molecule has 1 rings (SSSR count). The number of unbranched alkanes of at least 4 members (excludes halogenated alkanes) is 7. The largest absolute Gasteiger partial charge is 0.472 e. The lowest BCUT2D eigenvalue weighted by Crippen LogP contribution is -2.64. The molecule has 0 heterocycles. The van der Waals surface area contributed by atoms with Crippen LogP contribution in [0.4, 0.5) is 0 Å². The number of carbonyl (C=O) groups excluding carboxylic acids is 2. The molecule has 0 aromatic rings. The molecule has 1 aliphatic rings. The number of esters is 2. The first-order valence-electron chi connectivity index (χ1n) is 23.4. The number of carbonyl (C=O) groups is 2. The van der Waals surface area contributed by atoms with Crippen LogP contribution in [0.3, 0.4) is 0 Å². The molecule has 1 aliphatic carbocycles. The monoisotopic (exact) mass is 955 g/mol. The van der Waals surface area contributed by atoms with E-state index in [1.165, 1.54) is 31.4 Å². The van der Waals surface area contributed by atoms with E-state index in [0.717, 1.165) is 51.4 Å². The van der Waals surface area contributed by atoms with Crippen molar-refractivity contribution in [2.45, 2.75) is 184 Å². The molecule has 17 heteroatoms. The van der Waals surface area contributed by atoms with Crippen molar-refractivity contribution < 1.29 is 78.4 Å². The number of phosphoric acid groups is 1. The van der Waals surface area contributed by atoms with E-state index in [-0.39, 0.29) is 25.7 Å². The van der Waals surface area contributed by atoms with Gasteiger partial charge in [0, 0.05) is 12.8 Å². The van der Waals surface area contributed by atoms with Gasteiger partial charge in [-0.25, -0.2) is 4.57 Å². The Hall–Kier alpha value is -3.35. The van der Waals surface area contributed by atoms with Gasteiger partial charge < -0.3 is 55.2 Å². The van der Waals surface area contributed by atoms with Gasteiger partial charge in [-0.3, -0.25) is 18.6 Å². The molecule has 0 aliphatic heterocycles. The molecule has 376 valence electrons. The number of phosphoric ester groups is 1. The summed E-state index contributed by atoms with van der Waals surface area (Å²) in [5.41, 5.74) is 0. The normalized spacial score (nSPS) is 23.6. The van der Waals surface area contributed by atoms with Crippen LogP contribution >= 0.6 is 7.82 Å². The maximum Gasteiger partial charge on any atom is 0.472 e. The fourth-order valence-corrected chi connectivity index (χ4v) is 7.31. The second-order valence-corrected chi connectivity index (χ2v) is 17.5. The summed E-state index contributed by atoms with van der Waals surface area (Å²) in [4.78, 5) is 35.8. The maximum atomic E-state index is 12.8. The Morgan fingerprint density at radius 2 is 1.15 bits per heavy atom. The third-order valence-corrected chi connectivity index (χ3v) is 11.2. The summed E-state index contributed by atoms with van der Waals surface area (Å²) in [6.45, 7) is 2.76. The average Bonchev–Trinajstić information content (AvgIpc) is 3.29. The van der Waals surface area contributed by atoms with Crippen LogP contribution in [0.5, 0.6) is 0 Å². The fraction of sp³-hybridized carbons (Fsp3) is 0.633. The molecular weight excluding hydrogens is 875 g/mol. The lowest BCUT2D eigenvalue weighted by molar-refractivity contribution is -0.220. The van der Waals surface area contributed by atoms with Crippen molar-refractivity contribution >= 4 is 19.8 Å². The summed E-state index contributed by atoms with van der Waals surface area (Å²) in [5.74, 6) is -1.47. The molecule has 0 bridgehead atoms. The Bertz CT molecular complexity index is 1570. The fourth-order valence-electron chi connectivity index (χ4n) is 6.34. The number of hydrogen-bond donors (Lipinski definition) is 9. The van der Waals surface area contributed by atoms with E-state index in [1.807, 2.05) is 19.1 Å². The SMILES string of the molecule is CC/C=C\C[C@H](O)/C=C/C=C/C=C\C=C/[C@@H](O)[C@H](O)CCCC(=O)O[C@H](COC(=O)CCCCCC/C=C\C/C=C\C/C=C\CCCCC)COP(=O)(O)OC1[C@H](O)[C@H](O)C(O)[C@H](O)[C@H]1O. The molecular formula is C49H79O16P. The van der Waals surface area contributed by atoms with Gasteiger partial charge in [-0.1, -0.05) is 137 Å². The third-order valence-electron chi connectivity index (χ3n) is 10.3. The van der Waals surface area contributed by atoms with Crippen LogP contribution in [0.2, 0.25) is 0 Å².